The highest BCUT2D eigenvalue weighted by Crippen LogP contribution is 2.24. The zero-order valence-corrected chi connectivity index (χ0v) is 11.2. The summed E-state index contributed by atoms with van der Waals surface area (Å²) in [5, 5.41) is 21.1. The number of aromatic hydroxyl groups is 1. The van der Waals surface area contributed by atoms with Crippen LogP contribution in [0.15, 0.2) is 24.3 Å². The largest absolute Gasteiger partial charge is 0.508 e. The van der Waals surface area contributed by atoms with Crippen LogP contribution in [0.1, 0.15) is 24.8 Å². The fourth-order valence-corrected chi connectivity index (χ4v) is 2.56. The summed E-state index contributed by atoms with van der Waals surface area (Å²) in [5.74, 6) is -0.125. The molecule has 1 amide bonds. The lowest BCUT2D eigenvalue weighted by Gasteiger charge is -2.19. The first-order valence-corrected chi connectivity index (χ1v) is 6.83. The lowest BCUT2D eigenvalue weighted by atomic mass is 10.0. The van der Waals surface area contributed by atoms with Crippen LogP contribution in [0.5, 0.6) is 5.75 Å². The molecule has 0 bridgehead atoms. The maximum atomic E-state index is 12.0. The monoisotopic (exact) mass is 273 g/mol. The number of nitriles is 1. The highest BCUT2D eigenvalue weighted by atomic mass is 16.3. The molecule has 1 saturated carbocycles. The number of carbonyl (C=O) groups excluding carboxylic acids is 1. The van der Waals surface area contributed by atoms with Gasteiger partial charge in [-0.05, 0) is 43.4 Å². The number of phenolic OH excluding ortho intramolecular Hbond substituents is 1. The molecule has 0 heterocycles. The molecule has 1 aliphatic carbocycles. The van der Waals surface area contributed by atoms with Gasteiger partial charge in [-0.25, -0.2) is 0 Å². The van der Waals surface area contributed by atoms with Crippen molar-refractivity contribution in [3.8, 4) is 11.8 Å². The summed E-state index contributed by atoms with van der Waals surface area (Å²) in [6, 6.07) is 8.16. The molecule has 4 N–H and O–H groups in total. The van der Waals surface area contributed by atoms with Crippen LogP contribution in [0.2, 0.25) is 0 Å². The second-order valence-electron chi connectivity index (χ2n) is 5.26. The third-order valence-corrected chi connectivity index (χ3v) is 3.74. The van der Waals surface area contributed by atoms with Gasteiger partial charge in [0.25, 0.3) is 0 Å². The Morgan fingerprint density at radius 2 is 2.15 bits per heavy atom. The van der Waals surface area contributed by atoms with Gasteiger partial charge >= 0.3 is 0 Å². The number of benzene rings is 1. The Hall–Kier alpha value is -2.06. The molecule has 3 unspecified atom stereocenters. The predicted molar refractivity (Wildman–Crippen MR) is 74.7 cm³/mol. The van der Waals surface area contributed by atoms with E-state index >= 15 is 0 Å². The molecule has 3 atom stereocenters. The molecule has 0 spiro atoms. The number of hydrogen-bond acceptors (Lipinski definition) is 4. The van der Waals surface area contributed by atoms with Gasteiger partial charge in [0, 0.05) is 6.04 Å². The van der Waals surface area contributed by atoms with Crippen molar-refractivity contribution < 1.29 is 9.90 Å². The topological polar surface area (TPSA) is 99.1 Å². The minimum absolute atomic E-state index is 0.0710. The summed E-state index contributed by atoms with van der Waals surface area (Å²) < 4.78 is 0. The quantitative estimate of drug-likeness (QED) is 0.764. The second-order valence-corrected chi connectivity index (χ2v) is 5.26. The molecule has 106 valence electrons. The molecule has 1 fully saturated rings. The number of nitrogens with two attached hydrogens (primary N) is 1. The van der Waals surface area contributed by atoms with Crippen molar-refractivity contribution >= 4 is 5.91 Å². The Morgan fingerprint density at radius 1 is 1.45 bits per heavy atom. The van der Waals surface area contributed by atoms with Gasteiger partial charge in [0.05, 0.1) is 18.0 Å². The molecule has 5 heteroatoms. The van der Waals surface area contributed by atoms with Crippen LogP contribution in [-0.2, 0) is 11.2 Å². The van der Waals surface area contributed by atoms with Crippen molar-refractivity contribution in [2.75, 3.05) is 0 Å². The van der Waals surface area contributed by atoms with Crippen molar-refractivity contribution in [3.63, 3.8) is 0 Å². The van der Waals surface area contributed by atoms with Gasteiger partial charge in [-0.15, -0.1) is 0 Å². The van der Waals surface area contributed by atoms with Gasteiger partial charge in [-0.1, -0.05) is 12.1 Å². The van der Waals surface area contributed by atoms with Crippen LogP contribution >= 0.6 is 0 Å². The smallest absolute Gasteiger partial charge is 0.237 e. The summed E-state index contributed by atoms with van der Waals surface area (Å²) in [4.78, 5) is 12.0. The highest BCUT2D eigenvalue weighted by molar-refractivity contribution is 5.82. The molecular formula is C15H19N3O2. The molecule has 0 aliphatic heterocycles. The molecule has 1 aromatic carbocycles. The van der Waals surface area contributed by atoms with E-state index < -0.39 is 6.04 Å². The van der Waals surface area contributed by atoms with E-state index in [1.807, 2.05) is 0 Å². The van der Waals surface area contributed by atoms with E-state index in [0.717, 1.165) is 24.8 Å². The number of amides is 1. The van der Waals surface area contributed by atoms with E-state index in [1.165, 1.54) is 0 Å². The lowest BCUT2D eigenvalue weighted by molar-refractivity contribution is -0.123. The van der Waals surface area contributed by atoms with Gasteiger partial charge in [-0.3, -0.25) is 4.79 Å². The van der Waals surface area contributed by atoms with Crippen molar-refractivity contribution in [3.05, 3.63) is 29.8 Å². The first-order chi connectivity index (χ1) is 9.60. The van der Waals surface area contributed by atoms with E-state index in [4.69, 9.17) is 11.0 Å². The van der Waals surface area contributed by atoms with Crippen LogP contribution in [0.4, 0.5) is 0 Å². The van der Waals surface area contributed by atoms with Crippen LogP contribution < -0.4 is 11.1 Å². The summed E-state index contributed by atoms with van der Waals surface area (Å²) in [6.45, 7) is 0. The standard InChI is InChI=1S/C15H19N3O2/c16-9-11-2-1-3-14(11)18-15(20)13(17)8-10-4-6-12(19)7-5-10/h4-7,11,13-14,19H,1-3,8,17H2,(H,18,20). The maximum Gasteiger partial charge on any atom is 0.237 e. The number of rotatable bonds is 4. The third kappa shape index (κ3) is 3.49. The summed E-state index contributed by atoms with van der Waals surface area (Å²) in [5.41, 5.74) is 6.79. The van der Waals surface area contributed by atoms with Gasteiger partial charge in [0.1, 0.15) is 5.75 Å². The predicted octanol–water partition coefficient (Wildman–Crippen LogP) is 1.07. The van der Waals surface area contributed by atoms with Gasteiger partial charge in [0.2, 0.25) is 5.91 Å². The summed E-state index contributed by atoms with van der Waals surface area (Å²) in [6.07, 6.45) is 3.07. The first-order valence-electron chi connectivity index (χ1n) is 6.83. The van der Waals surface area contributed by atoms with Crippen molar-refractivity contribution in [2.45, 2.75) is 37.8 Å². The lowest BCUT2D eigenvalue weighted by Crippen LogP contribution is -2.47. The van der Waals surface area contributed by atoms with Crippen LogP contribution in [0, 0.1) is 17.2 Å². The van der Waals surface area contributed by atoms with E-state index in [2.05, 4.69) is 11.4 Å². The SMILES string of the molecule is N#CC1CCCC1NC(=O)C(N)Cc1ccc(O)cc1. The van der Waals surface area contributed by atoms with E-state index in [0.29, 0.717) is 6.42 Å². The Labute approximate surface area is 118 Å². The number of carbonyl (C=O) groups is 1. The zero-order chi connectivity index (χ0) is 14.5. The van der Waals surface area contributed by atoms with E-state index in [-0.39, 0.29) is 23.6 Å². The molecule has 0 saturated heterocycles. The Bertz CT molecular complexity index is 507. The number of nitrogens with one attached hydrogen (secondary N) is 1. The Kier molecular flexibility index (Phi) is 4.59. The van der Waals surface area contributed by atoms with Crippen molar-refractivity contribution in [2.24, 2.45) is 11.7 Å². The third-order valence-electron chi connectivity index (χ3n) is 3.74. The maximum absolute atomic E-state index is 12.0. The van der Waals surface area contributed by atoms with Crippen LogP contribution in [-0.4, -0.2) is 23.1 Å². The van der Waals surface area contributed by atoms with Crippen molar-refractivity contribution in [1.29, 1.82) is 5.26 Å². The minimum Gasteiger partial charge on any atom is -0.508 e. The molecule has 5 nitrogen and oxygen atoms in total. The Balaban J connectivity index is 1.89. The molecular weight excluding hydrogens is 254 g/mol. The molecule has 1 aliphatic rings. The van der Waals surface area contributed by atoms with E-state index in [1.54, 1.807) is 24.3 Å². The first kappa shape index (κ1) is 14.4. The number of hydrogen-bond donors (Lipinski definition) is 3. The molecule has 0 aromatic heterocycles. The molecule has 1 aromatic rings. The highest BCUT2D eigenvalue weighted by Gasteiger charge is 2.29. The molecule has 2 rings (SSSR count). The average Bonchev–Trinajstić information content (AvgIpc) is 2.88. The minimum atomic E-state index is -0.639. The average molecular weight is 273 g/mol. The Morgan fingerprint density at radius 3 is 2.80 bits per heavy atom. The number of nitrogens with zero attached hydrogens (tertiary/aromatic N) is 1. The summed E-state index contributed by atoms with van der Waals surface area (Å²) in [7, 11) is 0. The normalized spacial score (nSPS) is 23.0. The van der Waals surface area contributed by atoms with E-state index in [9.17, 15) is 9.90 Å². The molecule has 20 heavy (non-hydrogen) atoms. The van der Waals surface area contributed by atoms with Gasteiger partial charge in [0.15, 0.2) is 0 Å². The van der Waals surface area contributed by atoms with Gasteiger partial charge < -0.3 is 16.2 Å². The van der Waals surface area contributed by atoms with Gasteiger partial charge in [-0.2, -0.15) is 5.26 Å². The zero-order valence-electron chi connectivity index (χ0n) is 11.2. The fourth-order valence-electron chi connectivity index (χ4n) is 2.56. The van der Waals surface area contributed by atoms with Crippen LogP contribution in [0.25, 0.3) is 0 Å². The fraction of sp³-hybridized carbons (Fsp3) is 0.467. The number of phenols is 1. The summed E-state index contributed by atoms with van der Waals surface area (Å²) >= 11 is 0. The molecule has 0 radical (unpaired) electrons. The second kappa shape index (κ2) is 6.40. The van der Waals surface area contributed by atoms with Crippen LogP contribution in [0.3, 0.4) is 0 Å². The van der Waals surface area contributed by atoms with Crippen molar-refractivity contribution in [1.82, 2.24) is 5.32 Å².